The fraction of sp³-hybridized carbons (Fsp3) is 0.100. The first-order valence-corrected chi connectivity index (χ1v) is 4.47. The van der Waals surface area contributed by atoms with Crippen LogP contribution in [0.25, 0.3) is 10.9 Å². The maximum Gasteiger partial charge on any atom is 0.161 e. The first kappa shape index (κ1) is 9.09. The molecule has 4 heteroatoms. The van der Waals surface area contributed by atoms with E-state index in [9.17, 15) is 4.79 Å². The smallest absolute Gasteiger partial charge is 0.161 e. The fourth-order valence-electron chi connectivity index (χ4n) is 1.20. The Morgan fingerprint density at radius 2 is 2.07 bits per heavy atom. The number of pyridine rings is 2. The average Bonchev–Trinajstić information content (AvgIpc) is 2.16. The molecule has 0 amide bonds. The Bertz CT molecular complexity index is 510. The van der Waals surface area contributed by atoms with Gasteiger partial charge in [0.1, 0.15) is 5.15 Å². The van der Waals surface area contributed by atoms with Crippen molar-refractivity contribution >= 4 is 28.3 Å². The van der Waals surface area contributed by atoms with Crippen molar-refractivity contribution in [3.8, 4) is 0 Å². The third-order valence-electron chi connectivity index (χ3n) is 1.94. The molecule has 0 aliphatic carbocycles. The number of aromatic nitrogens is 2. The van der Waals surface area contributed by atoms with Gasteiger partial charge in [0.2, 0.25) is 0 Å². The van der Waals surface area contributed by atoms with E-state index in [0.717, 1.165) is 10.9 Å². The van der Waals surface area contributed by atoms with Crippen molar-refractivity contribution in [2.75, 3.05) is 0 Å². The first-order valence-electron chi connectivity index (χ1n) is 4.09. The Labute approximate surface area is 85.7 Å². The normalized spacial score (nSPS) is 10.4. The van der Waals surface area contributed by atoms with Crippen LogP contribution in [0.1, 0.15) is 17.3 Å². The summed E-state index contributed by atoms with van der Waals surface area (Å²) in [5, 5.41) is 1.23. The molecule has 70 valence electrons. The summed E-state index contributed by atoms with van der Waals surface area (Å²) >= 11 is 5.73. The number of halogens is 1. The molecule has 0 aliphatic heterocycles. The third kappa shape index (κ3) is 1.59. The lowest BCUT2D eigenvalue weighted by Gasteiger charge is -1.99. The van der Waals surface area contributed by atoms with Crippen LogP contribution >= 0.6 is 11.6 Å². The molecule has 0 aliphatic rings. The average molecular weight is 207 g/mol. The Kier molecular flexibility index (Phi) is 2.17. The number of ketones is 1. The summed E-state index contributed by atoms with van der Waals surface area (Å²) < 4.78 is 0. The minimum atomic E-state index is -0.00710. The molecule has 0 spiro atoms. The molecule has 2 aromatic heterocycles. The Balaban J connectivity index is 2.69. The van der Waals surface area contributed by atoms with Crippen molar-refractivity contribution in [1.29, 1.82) is 0 Å². The standard InChI is InChI=1S/C10H7ClN2O/c1-6(14)8-2-7-3-10(11)13-5-9(7)12-4-8/h2-5H,1H3. The van der Waals surface area contributed by atoms with Gasteiger partial charge >= 0.3 is 0 Å². The SMILES string of the molecule is CC(=O)c1cnc2cnc(Cl)cc2c1. The van der Waals surface area contributed by atoms with Crippen molar-refractivity contribution in [2.24, 2.45) is 0 Å². The van der Waals surface area contributed by atoms with Crippen LogP contribution in [0.15, 0.2) is 24.5 Å². The Morgan fingerprint density at radius 1 is 1.29 bits per heavy atom. The molecule has 0 radical (unpaired) electrons. The molecule has 0 unspecified atom stereocenters. The Morgan fingerprint density at radius 3 is 2.79 bits per heavy atom. The van der Waals surface area contributed by atoms with Crippen molar-refractivity contribution < 1.29 is 4.79 Å². The number of hydrogen-bond acceptors (Lipinski definition) is 3. The van der Waals surface area contributed by atoms with E-state index in [1.54, 1.807) is 24.5 Å². The molecule has 0 atom stereocenters. The van der Waals surface area contributed by atoms with Crippen molar-refractivity contribution in [3.63, 3.8) is 0 Å². The number of rotatable bonds is 1. The molecule has 0 saturated heterocycles. The zero-order valence-electron chi connectivity index (χ0n) is 7.49. The van der Waals surface area contributed by atoms with E-state index in [1.165, 1.54) is 6.92 Å². The highest BCUT2D eigenvalue weighted by Crippen LogP contribution is 2.16. The lowest BCUT2D eigenvalue weighted by Crippen LogP contribution is -1.93. The van der Waals surface area contributed by atoms with Gasteiger partial charge in [-0.1, -0.05) is 11.6 Å². The van der Waals surface area contributed by atoms with Gasteiger partial charge in [-0.2, -0.15) is 0 Å². The first-order chi connectivity index (χ1) is 6.66. The lowest BCUT2D eigenvalue weighted by molar-refractivity contribution is 0.101. The second kappa shape index (κ2) is 3.35. The van der Waals surface area contributed by atoms with Crippen LogP contribution in [0.4, 0.5) is 0 Å². The number of Topliss-reactive ketones (excluding diaryl/α,β-unsaturated/α-hetero) is 1. The highest BCUT2D eigenvalue weighted by Gasteiger charge is 2.02. The molecule has 0 saturated carbocycles. The van der Waals surface area contributed by atoms with Gasteiger partial charge in [0, 0.05) is 17.1 Å². The summed E-state index contributed by atoms with van der Waals surface area (Å²) in [5.74, 6) is -0.00710. The van der Waals surface area contributed by atoms with Gasteiger partial charge in [-0.15, -0.1) is 0 Å². The number of fused-ring (bicyclic) bond motifs is 1. The quantitative estimate of drug-likeness (QED) is 0.532. The summed E-state index contributed by atoms with van der Waals surface area (Å²) in [4.78, 5) is 19.1. The van der Waals surface area contributed by atoms with Crippen molar-refractivity contribution in [2.45, 2.75) is 6.92 Å². The van der Waals surface area contributed by atoms with Gasteiger partial charge in [0.05, 0.1) is 11.7 Å². The maximum absolute atomic E-state index is 11.1. The molecule has 2 aromatic rings. The second-order valence-corrected chi connectivity index (χ2v) is 3.37. The minimum absolute atomic E-state index is 0.00710. The van der Waals surface area contributed by atoms with Gasteiger partial charge in [-0.25, -0.2) is 4.98 Å². The maximum atomic E-state index is 11.1. The molecule has 0 aromatic carbocycles. The van der Waals surface area contributed by atoms with Crippen LogP contribution < -0.4 is 0 Å². The van der Waals surface area contributed by atoms with E-state index in [1.807, 2.05) is 0 Å². The summed E-state index contributed by atoms with van der Waals surface area (Å²) in [7, 11) is 0. The van der Waals surface area contributed by atoms with E-state index in [4.69, 9.17) is 11.6 Å². The Hall–Kier alpha value is -1.48. The predicted octanol–water partition coefficient (Wildman–Crippen LogP) is 2.49. The van der Waals surface area contributed by atoms with Crippen molar-refractivity contribution in [1.82, 2.24) is 9.97 Å². The van der Waals surface area contributed by atoms with Gasteiger partial charge in [0.25, 0.3) is 0 Å². The summed E-state index contributed by atoms with van der Waals surface area (Å²) in [6, 6.07) is 3.45. The second-order valence-electron chi connectivity index (χ2n) is 2.98. The molecule has 0 bridgehead atoms. The number of hydrogen-bond donors (Lipinski definition) is 0. The van der Waals surface area contributed by atoms with E-state index >= 15 is 0 Å². The fourth-order valence-corrected chi connectivity index (χ4v) is 1.36. The highest BCUT2D eigenvalue weighted by atomic mass is 35.5. The van der Waals surface area contributed by atoms with Crippen LogP contribution in [0.5, 0.6) is 0 Å². The van der Waals surface area contributed by atoms with Crippen molar-refractivity contribution in [3.05, 3.63) is 35.2 Å². The molecule has 14 heavy (non-hydrogen) atoms. The van der Waals surface area contributed by atoms with Crippen LogP contribution in [0, 0.1) is 0 Å². The van der Waals surface area contributed by atoms with E-state index in [2.05, 4.69) is 9.97 Å². The zero-order chi connectivity index (χ0) is 10.1. The van der Waals surface area contributed by atoms with Crippen LogP contribution in [-0.4, -0.2) is 15.8 Å². The van der Waals surface area contributed by atoms with Gasteiger partial charge < -0.3 is 0 Å². The monoisotopic (exact) mass is 206 g/mol. The molecular weight excluding hydrogens is 200 g/mol. The third-order valence-corrected chi connectivity index (χ3v) is 2.15. The van der Waals surface area contributed by atoms with E-state index in [-0.39, 0.29) is 5.78 Å². The van der Waals surface area contributed by atoms with Crippen LogP contribution in [0.2, 0.25) is 5.15 Å². The van der Waals surface area contributed by atoms with Gasteiger partial charge in [-0.05, 0) is 19.1 Å². The van der Waals surface area contributed by atoms with E-state index < -0.39 is 0 Å². The van der Waals surface area contributed by atoms with E-state index in [0.29, 0.717) is 10.7 Å². The van der Waals surface area contributed by atoms with Crippen LogP contribution in [0.3, 0.4) is 0 Å². The van der Waals surface area contributed by atoms with Crippen LogP contribution in [-0.2, 0) is 0 Å². The number of nitrogens with zero attached hydrogens (tertiary/aromatic N) is 2. The number of carbonyl (C=O) groups is 1. The molecule has 3 nitrogen and oxygen atoms in total. The molecule has 0 fully saturated rings. The minimum Gasteiger partial charge on any atom is -0.294 e. The summed E-state index contributed by atoms with van der Waals surface area (Å²) in [6.07, 6.45) is 3.13. The van der Waals surface area contributed by atoms with Gasteiger partial charge in [-0.3, -0.25) is 9.78 Å². The summed E-state index contributed by atoms with van der Waals surface area (Å²) in [6.45, 7) is 1.51. The molecule has 2 heterocycles. The topological polar surface area (TPSA) is 42.9 Å². The molecule has 0 N–H and O–H groups in total. The molecular formula is C10H7ClN2O. The zero-order valence-corrected chi connectivity index (χ0v) is 8.25. The predicted molar refractivity (Wildman–Crippen MR) is 54.6 cm³/mol. The number of carbonyl (C=O) groups excluding carboxylic acids is 1. The summed E-state index contributed by atoms with van der Waals surface area (Å²) in [5.41, 5.74) is 1.32. The lowest BCUT2D eigenvalue weighted by atomic mass is 10.1. The largest absolute Gasteiger partial charge is 0.294 e. The highest BCUT2D eigenvalue weighted by molar-refractivity contribution is 6.30. The molecule has 2 rings (SSSR count). The van der Waals surface area contributed by atoms with Gasteiger partial charge in [0.15, 0.2) is 5.78 Å².